The number of rotatable bonds is 6. The standard InChI is InChI=1S/C24H20N2O5S2/c1-4-30-18-7-5-17(6-8-18)25-23(27)22(33-24(25)32)13-19-9-10-21(31-19)16-11-14(2)15(3)20(12-16)26(28)29/h5-13H,4H2,1-3H3/b22-13+. The second-order valence-electron chi connectivity index (χ2n) is 7.34. The van der Waals surface area contributed by atoms with Crippen LogP contribution in [-0.4, -0.2) is 21.8 Å². The van der Waals surface area contributed by atoms with Gasteiger partial charge in [-0.1, -0.05) is 24.0 Å². The molecule has 3 aromatic rings. The lowest BCUT2D eigenvalue weighted by molar-refractivity contribution is -0.385. The number of ether oxygens (including phenoxy) is 1. The number of carbonyl (C=O) groups is 1. The third kappa shape index (κ3) is 4.55. The van der Waals surface area contributed by atoms with E-state index in [0.29, 0.717) is 44.2 Å². The summed E-state index contributed by atoms with van der Waals surface area (Å²) in [6.45, 7) is 6.00. The van der Waals surface area contributed by atoms with Crippen molar-refractivity contribution in [1.82, 2.24) is 0 Å². The minimum Gasteiger partial charge on any atom is -0.494 e. The van der Waals surface area contributed by atoms with Gasteiger partial charge in [0.25, 0.3) is 11.6 Å². The quantitative estimate of drug-likeness (QED) is 0.178. The molecule has 1 amide bonds. The Morgan fingerprint density at radius 1 is 1.18 bits per heavy atom. The van der Waals surface area contributed by atoms with Crippen LogP contribution in [0.4, 0.5) is 11.4 Å². The van der Waals surface area contributed by atoms with Gasteiger partial charge in [0.15, 0.2) is 4.32 Å². The van der Waals surface area contributed by atoms with Gasteiger partial charge in [-0.15, -0.1) is 0 Å². The van der Waals surface area contributed by atoms with Crippen LogP contribution in [0.15, 0.2) is 57.9 Å². The fourth-order valence-electron chi connectivity index (χ4n) is 3.44. The zero-order chi connectivity index (χ0) is 23.7. The number of thiocarbonyl (C=S) groups is 1. The number of anilines is 1. The number of nitrogens with zero attached hydrogens (tertiary/aromatic N) is 2. The average molecular weight is 481 g/mol. The number of carbonyl (C=O) groups excluding carboxylic acids is 1. The Morgan fingerprint density at radius 3 is 2.58 bits per heavy atom. The van der Waals surface area contributed by atoms with Gasteiger partial charge >= 0.3 is 0 Å². The first-order valence-electron chi connectivity index (χ1n) is 10.1. The summed E-state index contributed by atoms with van der Waals surface area (Å²) < 4.78 is 11.8. The number of hydrogen-bond donors (Lipinski definition) is 0. The van der Waals surface area contributed by atoms with E-state index in [1.54, 1.807) is 49.4 Å². The van der Waals surface area contributed by atoms with Crippen LogP contribution in [0.2, 0.25) is 0 Å². The molecule has 33 heavy (non-hydrogen) atoms. The summed E-state index contributed by atoms with van der Waals surface area (Å²) in [5.74, 6) is 1.42. The predicted molar refractivity (Wildman–Crippen MR) is 134 cm³/mol. The molecule has 4 rings (SSSR count). The fourth-order valence-corrected chi connectivity index (χ4v) is 4.71. The lowest BCUT2D eigenvalue weighted by Gasteiger charge is -2.15. The van der Waals surface area contributed by atoms with Crippen molar-refractivity contribution in [3.63, 3.8) is 0 Å². The zero-order valence-corrected chi connectivity index (χ0v) is 19.8. The van der Waals surface area contributed by atoms with Crippen molar-refractivity contribution in [2.24, 2.45) is 0 Å². The lowest BCUT2D eigenvalue weighted by atomic mass is 10.0. The van der Waals surface area contributed by atoms with E-state index in [4.69, 9.17) is 21.4 Å². The summed E-state index contributed by atoms with van der Waals surface area (Å²) in [7, 11) is 0. The molecule has 0 N–H and O–H groups in total. The molecule has 7 nitrogen and oxygen atoms in total. The molecule has 0 aliphatic carbocycles. The molecule has 1 saturated heterocycles. The third-order valence-corrected chi connectivity index (χ3v) is 6.52. The highest BCUT2D eigenvalue weighted by Crippen LogP contribution is 2.37. The lowest BCUT2D eigenvalue weighted by Crippen LogP contribution is -2.27. The molecule has 1 aliphatic rings. The topological polar surface area (TPSA) is 85.8 Å². The van der Waals surface area contributed by atoms with Gasteiger partial charge < -0.3 is 9.15 Å². The summed E-state index contributed by atoms with van der Waals surface area (Å²) in [5, 5.41) is 11.4. The Hall–Kier alpha value is -3.43. The van der Waals surface area contributed by atoms with Crippen molar-refractivity contribution in [3.05, 3.63) is 80.4 Å². The van der Waals surface area contributed by atoms with Crippen molar-refractivity contribution in [2.45, 2.75) is 20.8 Å². The van der Waals surface area contributed by atoms with Gasteiger partial charge in [0, 0.05) is 23.3 Å². The molecule has 1 aromatic heterocycles. The van der Waals surface area contributed by atoms with Crippen LogP contribution in [0.1, 0.15) is 23.8 Å². The van der Waals surface area contributed by atoms with Crippen LogP contribution in [0.3, 0.4) is 0 Å². The number of nitro groups is 1. The Bertz CT molecular complexity index is 1290. The van der Waals surface area contributed by atoms with E-state index in [2.05, 4.69) is 0 Å². The summed E-state index contributed by atoms with van der Waals surface area (Å²) in [6.07, 6.45) is 1.63. The normalized spacial score (nSPS) is 14.9. The molecule has 0 bridgehead atoms. The number of aryl methyl sites for hydroxylation is 1. The molecule has 9 heteroatoms. The SMILES string of the molecule is CCOc1ccc(N2C(=O)/C(=C\c3ccc(-c4cc(C)c(C)c([N+](=O)[O-])c4)o3)SC2=S)cc1. The molecule has 0 saturated carbocycles. The van der Waals surface area contributed by atoms with Gasteiger partial charge in [-0.05, 0) is 68.8 Å². The molecule has 0 unspecified atom stereocenters. The summed E-state index contributed by atoms with van der Waals surface area (Å²) in [4.78, 5) is 25.9. The van der Waals surface area contributed by atoms with E-state index in [1.165, 1.54) is 22.7 Å². The molecule has 2 heterocycles. The van der Waals surface area contributed by atoms with Gasteiger partial charge in [-0.2, -0.15) is 0 Å². The Kier molecular flexibility index (Phi) is 6.35. The second-order valence-corrected chi connectivity index (χ2v) is 9.02. The fraction of sp³-hybridized carbons (Fsp3) is 0.167. The Labute approximate surface area is 200 Å². The monoisotopic (exact) mass is 480 g/mol. The van der Waals surface area contributed by atoms with Crippen LogP contribution < -0.4 is 9.64 Å². The number of benzene rings is 2. The maximum atomic E-state index is 13.0. The Balaban J connectivity index is 1.59. The molecular formula is C24H20N2O5S2. The van der Waals surface area contributed by atoms with Crippen LogP contribution in [0, 0.1) is 24.0 Å². The minimum absolute atomic E-state index is 0.0409. The third-order valence-electron chi connectivity index (χ3n) is 5.22. The Morgan fingerprint density at radius 2 is 1.91 bits per heavy atom. The highest BCUT2D eigenvalue weighted by Gasteiger charge is 2.33. The van der Waals surface area contributed by atoms with Gasteiger partial charge in [-0.3, -0.25) is 19.8 Å². The maximum Gasteiger partial charge on any atom is 0.273 e. The molecule has 0 radical (unpaired) electrons. The van der Waals surface area contributed by atoms with Crippen molar-refractivity contribution in [1.29, 1.82) is 0 Å². The number of furan rings is 1. The smallest absolute Gasteiger partial charge is 0.273 e. The van der Waals surface area contributed by atoms with Crippen molar-refractivity contribution >= 4 is 51.7 Å². The first-order chi connectivity index (χ1) is 15.8. The molecule has 1 fully saturated rings. The average Bonchev–Trinajstić information content (AvgIpc) is 3.35. The number of nitro benzene ring substituents is 1. The van der Waals surface area contributed by atoms with Gasteiger partial charge in [0.05, 0.1) is 22.1 Å². The summed E-state index contributed by atoms with van der Waals surface area (Å²) in [6, 6.07) is 14.0. The predicted octanol–water partition coefficient (Wildman–Crippen LogP) is 6.28. The van der Waals surface area contributed by atoms with E-state index in [1.807, 2.05) is 19.9 Å². The first-order valence-corrected chi connectivity index (χ1v) is 11.4. The second kappa shape index (κ2) is 9.21. The maximum absolute atomic E-state index is 13.0. The molecule has 0 spiro atoms. The van der Waals surface area contributed by atoms with E-state index in [0.717, 1.165) is 11.3 Å². The molecular weight excluding hydrogens is 460 g/mol. The molecule has 0 atom stereocenters. The van der Waals surface area contributed by atoms with Gasteiger partial charge in [0.2, 0.25) is 0 Å². The van der Waals surface area contributed by atoms with E-state index < -0.39 is 4.92 Å². The van der Waals surface area contributed by atoms with E-state index in [-0.39, 0.29) is 11.6 Å². The zero-order valence-electron chi connectivity index (χ0n) is 18.2. The summed E-state index contributed by atoms with van der Waals surface area (Å²) in [5.41, 5.74) is 2.72. The van der Waals surface area contributed by atoms with Crippen LogP contribution in [0.25, 0.3) is 17.4 Å². The van der Waals surface area contributed by atoms with Crippen LogP contribution >= 0.6 is 24.0 Å². The number of hydrogen-bond acceptors (Lipinski definition) is 7. The van der Waals surface area contributed by atoms with E-state index >= 15 is 0 Å². The van der Waals surface area contributed by atoms with Gasteiger partial charge in [0.1, 0.15) is 17.3 Å². The van der Waals surface area contributed by atoms with Crippen molar-refractivity contribution in [3.8, 4) is 17.1 Å². The highest BCUT2D eigenvalue weighted by atomic mass is 32.2. The van der Waals surface area contributed by atoms with Crippen molar-refractivity contribution < 1.29 is 18.9 Å². The van der Waals surface area contributed by atoms with Crippen LogP contribution in [-0.2, 0) is 4.79 Å². The molecule has 168 valence electrons. The van der Waals surface area contributed by atoms with Gasteiger partial charge in [-0.25, -0.2) is 0 Å². The number of amides is 1. The van der Waals surface area contributed by atoms with E-state index in [9.17, 15) is 14.9 Å². The first kappa shape index (κ1) is 22.8. The number of thioether (sulfide) groups is 1. The highest BCUT2D eigenvalue weighted by molar-refractivity contribution is 8.27. The largest absolute Gasteiger partial charge is 0.494 e. The minimum atomic E-state index is -0.401. The summed E-state index contributed by atoms with van der Waals surface area (Å²) >= 11 is 6.62. The van der Waals surface area contributed by atoms with Crippen molar-refractivity contribution in [2.75, 3.05) is 11.5 Å². The molecule has 2 aromatic carbocycles. The molecule has 1 aliphatic heterocycles. The van der Waals surface area contributed by atoms with Crippen LogP contribution in [0.5, 0.6) is 5.75 Å².